The number of benzene rings is 1. The smallest absolute Gasteiger partial charge is 0.337 e. The van der Waals surface area contributed by atoms with Gasteiger partial charge in [0, 0.05) is 23.2 Å². The molecule has 5 rings (SSSR count). The van der Waals surface area contributed by atoms with E-state index < -0.39 is 40.1 Å². The highest BCUT2D eigenvalue weighted by Gasteiger charge is 2.75. The Balaban J connectivity index is 1.26. The van der Waals surface area contributed by atoms with Gasteiger partial charge in [-0.2, -0.15) is 0 Å². The first-order valence-electron chi connectivity index (χ1n) is 14.7. The van der Waals surface area contributed by atoms with Crippen molar-refractivity contribution in [2.24, 2.45) is 28.6 Å². The number of halogens is 1. The van der Waals surface area contributed by atoms with Crippen molar-refractivity contribution in [2.75, 3.05) is 13.7 Å². The second-order valence-corrected chi connectivity index (χ2v) is 12.9. The van der Waals surface area contributed by atoms with Crippen LogP contribution in [0.2, 0.25) is 0 Å². The molecule has 4 aliphatic rings. The van der Waals surface area contributed by atoms with E-state index in [9.17, 15) is 24.6 Å². The van der Waals surface area contributed by atoms with Crippen molar-refractivity contribution in [3.05, 3.63) is 53.6 Å². The molecule has 0 amide bonds. The number of rotatable bonds is 8. The number of hydrogen-bond donors (Lipinski definition) is 2. The topological polar surface area (TPSA) is 110 Å². The second kappa shape index (κ2) is 10.5. The van der Waals surface area contributed by atoms with E-state index >= 15 is 4.39 Å². The van der Waals surface area contributed by atoms with Gasteiger partial charge in [0.05, 0.1) is 25.4 Å². The van der Waals surface area contributed by atoms with Crippen LogP contribution < -0.4 is 4.74 Å². The monoisotopic (exact) mass is 568 g/mol. The van der Waals surface area contributed by atoms with E-state index in [-0.39, 0.29) is 36.2 Å². The number of carbonyl (C=O) groups excluding carboxylic acids is 3. The van der Waals surface area contributed by atoms with Gasteiger partial charge in [0.1, 0.15) is 11.4 Å². The zero-order chi connectivity index (χ0) is 29.8. The Bertz CT molecular complexity index is 1290. The molecule has 0 radical (unpaired) electrons. The SMILES string of the molecule is COC(=O)c1ccc(OCCCCC(=O)[C@@]2(O)[C@H](C)C[C@H]3[C@@H]4CCC5=CC(=O)C=C[C@]5(C)[C@@]4(F)[C@@H](O)C[C@@]32C)cc1. The summed E-state index contributed by atoms with van der Waals surface area (Å²) < 4.78 is 27.7. The molecule has 3 fully saturated rings. The molecule has 7 nitrogen and oxygen atoms in total. The van der Waals surface area contributed by atoms with Crippen LogP contribution in [-0.4, -0.2) is 58.8 Å². The Morgan fingerprint density at radius 2 is 1.83 bits per heavy atom. The maximum atomic E-state index is 17.3. The van der Waals surface area contributed by atoms with E-state index in [1.54, 1.807) is 37.3 Å². The summed E-state index contributed by atoms with van der Waals surface area (Å²) in [5.41, 5.74) is -4.58. The molecule has 3 saturated carbocycles. The van der Waals surface area contributed by atoms with Gasteiger partial charge in [-0.1, -0.05) is 25.5 Å². The van der Waals surface area contributed by atoms with Crippen LogP contribution in [0.5, 0.6) is 5.75 Å². The molecule has 222 valence electrons. The van der Waals surface area contributed by atoms with Crippen molar-refractivity contribution in [3.63, 3.8) is 0 Å². The molecule has 1 aromatic rings. The minimum absolute atomic E-state index is 0.0212. The van der Waals surface area contributed by atoms with Crippen LogP contribution in [0.15, 0.2) is 48.1 Å². The summed E-state index contributed by atoms with van der Waals surface area (Å²) in [4.78, 5) is 37.3. The summed E-state index contributed by atoms with van der Waals surface area (Å²) in [6, 6.07) is 6.62. The summed E-state index contributed by atoms with van der Waals surface area (Å²) in [5.74, 6) is -1.44. The maximum Gasteiger partial charge on any atom is 0.337 e. The van der Waals surface area contributed by atoms with E-state index in [4.69, 9.17) is 9.47 Å². The van der Waals surface area contributed by atoms with Crippen LogP contribution in [0.3, 0.4) is 0 Å². The van der Waals surface area contributed by atoms with Crippen molar-refractivity contribution in [1.82, 2.24) is 0 Å². The summed E-state index contributed by atoms with van der Waals surface area (Å²) in [6.45, 7) is 5.86. The molecule has 0 spiro atoms. The Kier molecular flexibility index (Phi) is 7.56. The lowest BCUT2D eigenvalue weighted by molar-refractivity contribution is -0.218. The molecule has 8 atom stereocenters. The van der Waals surface area contributed by atoms with Gasteiger partial charge in [0.15, 0.2) is 17.2 Å². The number of aliphatic hydroxyl groups excluding tert-OH is 1. The number of methoxy groups -OCH3 is 1. The first kappa shape index (κ1) is 29.6. The van der Waals surface area contributed by atoms with E-state index in [1.165, 1.54) is 19.3 Å². The van der Waals surface area contributed by atoms with Crippen LogP contribution >= 0.6 is 0 Å². The Labute approximate surface area is 240 Å². The Morgan fingerprint density at radius 3 is 2.51 bits per heavy atom. The molecule has 4 aliphatic carbocycles. The number of aliphatic hydroxyl groups is 2. The second-order valence-electron chi connectivity index (χ2n) is 12.9. The van der Waals surface area contributed by atoms with Crippen LogP contribution in [0.4, 0.5) is 4.39 Å². The van der Waals surface area contributed by atoms with Crippen LogP contribution in [-0.2, 0) is 14.3 Å². The largest absolute Gasteiger partial charge is 0.494 e. The number of carbonyl (C=O) groups is 3. The molecule has 1 aromatic carbocycles. The fourth-order valence-corrected chi connectivity index (χ4v) is 8.71. The number of allylic oxidation sites excluding steroid dienone is 4. The third-order valence-electron chi connectivity index (χ3n) is 11.0. The lowest BCUT2D eigenvalue weighted by Gasteiger charge is -2.62. The molecule has 8 heteroatoms. The molecular formula is C33H41FO7. The van der Waals surface area contributed by atoms with E-state index in [0.717, 1.165) is 0 Å². The van der Waals surface area contributed by atoms with Crippen molar-refractivity contribution >= 4 is 17.5 Å². The number of esters is 1. The minimum atomic E-state index is -1.99. The highest BCUT2D eigenvalue weighted by Crippen LogP contribution is 2.70. The predicted octanol–water partition coefficient (Wildman–Crippen LogP) is 4.94. The van der Waals surface area contributed by atoms with Crippen LogP contribution in [0, 0.1) is 28.6 Å². The van der Waals surface area contributed by atoms with E-state index in [1.807, 2.05) is 13.8 Å². The fraction of sp³-hybridized carbons (Fsp3) is 0.606. The van der Waals surface area contributed by atoms with Gasteiger partial charge >= 0.3 is 5.97 Å². The summed E-state index contributed by atoms with van der Waals surface area (Å²) in [5, 5.41) is 23.6. The molecule has 0 unspecified atom stereocenters. The van der Waals surface area contributed by atoms with E-state index in [0.29, 0.717) is 55.6 Å². The fourth-order valence-electron chi connectivity index (χ4n) is 8.71. The number of ether oxygens (including phenoxy) is 2. The molecular weight excluding hydrogens is 527 g/mol. The standard InChI is InChI=1S/C33H41FO7/c1-20-17-26-25-13-10-22-18-23(35)14-15-30(22,2)32(25,34)28(37)19-31(26,3)33(20,39)27(36)7-5-6-16-41-24-11-8-21(9-12-24)29(38)40-4/h8-9,11-12,14-15,18,20,25-26,28,37,39H,5-7,10,13,16-17,19H2,1-4H3/t20-,25+,26+,28+,30+,31+,32+,33+/m1/s1. The Hall–Kier alpha value is -2.84. The van der Waals surface area contributed by atoms with Crippen molar-refractivity contribution in [1.29, 1.82) is 0 Å². The molecule has 0 aliphatic heterocycles. The average molecular weight is 569 g/mol. The highest BCUT2D eigenvalue weighted by molar-refractivity contribution is 6.01. The Morgan fingerprint density at radius 1 is 1.12 bits per heavy atom. The average Bonchev–Trinajstić information content (AvgIpc) is 3.15. The molecule has 0 aromatic heterocycles. The lowest BCUT2D eigenvalue weighted by atomic mass is 9.44. The van der Waals surface area contributed by atoms with Crippen molar-refractivity contribution < 1.29 is 38.5 Å². The molecule has 2 N–H and O–H groups in total. The zero-order valence-electron chi connectivity index (χ0n) is 24.3. The van der Waals surface area contributed by atoms with Gasteiger partial charge < -0.3 is 19.7 Å². The highest BCUT2D eigenvalue weighted by atomic mass is 19.1. The van der Waals surface area contributed by atoms with Gasteiger partial charge in [-0.15, -0.1) is 0 Å². The number of fused-ring (bicyclic) bond motifs is 5. The normalized spacial score (nSPS) is 39.3. The number of unbranched alkanes of at least 4 members (excludes halogenated alkanes) is 1. The minimum Gasteiger partial charge on any atom is -0.494 e. The predicted molar refractivity (Wildman–Crippen MR) is 150 cm³/mol. The molecule has 0 bridgehead atoms. The third kappa shape index (κ3) is 4.32. The zero-order valence-corrected chi connectivity index (χ0v) is 24.3. The third-order valence-corrected chi connectivity index (χ3v) is 11.0. The quantitative estimate of drug-likeness (QED) is 0.338. The lowest BCUT2D eigenvalue weighted by Crippen LogP contribution is -2.69. The van der Waals surface area contributed by atoms with Crippen LogP contribution in [0.1, 0.15) is 76.1 Å². The molecule has 0 heterocycles. The van der Waals surface area contributed by atoms with Gasteiger partial charge in [0.2, 0.25) is 0 Å². The van der Waals surface area contributed by atoms with Gasteiger partial charge in [-0.25, -0.2) is 9.18 Å². The summed E-state index contributed by atoms with van der Waals surface area (Å²) in [6.07, 6.45) is 5.90. The van der Waals surface area contributed by atoms with Crippen molar-refractivity contribution in [3.8, 4) is 5.75 Å². The summed E-state index contributed by atoms with van der Waals surface area (Å²) >= 11 is 0. The number of alkyl halides is 1. The first-order chi connectivity index (χ1) is 19.3. The van der Waals surface area contributed by atoms with E-state index in [2.05, 4.69) is 0 Å². The summed E-state index contributed by atoms with van der Waals surface area (Å²) in [7, 11) is 1.32. The van der Waals surface area contributed by atoms with Gasteiger partial charge in [0.25, 0.3) is 0 Å². The number of hydrogen-bond acceptors (Lipinski definition) is 7. The molecule has 0 saturated heterocycles. The van der Waals surface area contributed by atoms with Crippen molar-refractivity contribution in [2.45, 2.75) is 83.1 Å². The first-order valence-corrected chi connectivity index (χ1v) is 14.7. The van der Waals surface area contributed by atoms with Crippen LogP contribution in [0.25, 0.3) is 0 Å². The number of Topliss-reactive ketones (excluding diaryl/α,β-unsaturated/α-hetero) is 1. The maximum absolute atomic E-state index is 17.3. The molecule has 41 heavy (non-hydrogen) atoms. The van der Waals surface area contributed by atoms with Gasteiger partial charge in [-0.05, 0) is 93.7 Å². The number of ketones is 2. The van der Waals surface area contributed by atoms with Gasteiger partial charge in [-0.3, -0.25) is 9.59 Å².